The summed E-state index contributed by atoms with van der Waals surface area (Å²) in [6.07, 6.45) is 3.41. The summed E-state index contributed by atoms with van der Waals surface area (Å²) in [7, 11) is -1.84. The highest BCUT2D eigenvalue weighted by molar-refractivity contribution is 7.89. The third kappa shape index (κ3) is 1.54. The van der Waals surface area contributed by atoms with Crippen molar-refractivity contribution in [3.63, 3.8) is 0 Å². The predicted octanol–water partition coefficient (Wildman–Crippen LogP) is -0.703. The molecule has 0 aromatic heterocycles. The summed E-state index contributed by atoms with van der Waals surface area (Å²) in [5.74, 6) is 0. The molecule has 0 aromatic rings. The van der Waals surface area contributed by atoms with E-state index < -0.39 is 15.5 Å². The van der Waals surface area contributed by atoms with Crippen LogP contribution in [0.5, 0.6) is 0 Å². The van der Waals surface area contributed by atoms with Gasteiger partial charge in [0, 0.05) is 26.0 Å². The molecule has 0 aliphatic carbocycles. The van der Waals surface area contributed by atoms with E-state index in [1.807, 2.05) is 6.92 Å². The summed E-state index contributed by atoms with van der Waals surface area (Å²) in [4.78, 5) is 3.23. The third-order valence-corrected chi connectivity index (χ3v) is 2.98. The van der Waals surface area contributed by atoms with Gasteiger partial charge in [-0.15, -0.1) is 0 Å². The highest BCUT2D eigenvalue weighted by Crippen LogP contribution is 2.16. The molecule has 0 bridgehead atoms. The van der Waals surface area contributed by atoms with Gasteiger partial charge in [-0.1, -0.05) is 0 Å². The summed E-state index contributed by atoms with van der Waals surface area (Å²) < 4.78 is 22.1. The Bertz CT molecular complexity index is 285. The molecule has 5 nitrogen and oxygen atoms in total. The van der Waals surface area contributed by atoms with E-state index >= 15 is 0 Å². The molecule has 0 saturated heterocycles. The fourth-order valence-corrected chi connectivity index (χ4v) is 2.38. The van der Waals surface area contributed by atoms with Gasteiger partial charge in [0.1, 0.15) is 0 Å². The molecule has 70 valence electrons. The van der Waals surface area contributed by atoms with E-state index in [2.05, 4.69) is 0 Å². The molecule has 1 rings (SSSR count). The number of nitrogens with two attached hydrogens (primary N) is 1. The van der Waals surface area contributed by atoms with E-state index in [0.29, 0.717) is 6.54 Å². The van der Waals surface area contributed by atoms with Crippen molar-refractivity contribution in [2.45, 2.75) is 12.4 Å². The number of rotatable bonds is 2. The van der Waals surface area contributed by atoms with Crippen LogP contribution in [-0.2, 0) is 10.0 Å². The largest absolute Gasteiger partial charge is 0.346 e. The minimum atomic E-state index is -3.52. The van der Waals surface area contributed by atoms with Crippen LogP contribution in [0, 0.1) is 0 Å². The maximum atomic E-state index is 11.1. The van der Waals surface area contributed by atoms with Crippen molar-refractivity contribution in [2.24, 2.45) is 5.14 Å². The van der Waals surface area contributed by atoms with Crippen molar-refractivity contribution in [1.82, 2.24) is 9.80 Å². The van der Waals surface area contributed by atoms with Gasteiger partial charge in [-0.2, -0.15) is 0 Å². The second kappa shape index (κ2) is 2.95. The van der Waals surface area contributed by atoms with E-state index in [0.717, 1.165) is 0 Å². The molecule has 1 heterocycles. The zero-order chi connectivity index (χ0) is 9.35. The van der Waals surface area contributed by atoms with Crippen LogP contribution >= 0.6 is 0 Å². The highest BCUT2D eigenvalue weighted by atomic mass is 32.2. The van der Waals surface area contributed by atoms with Gasteiger partial charge >= 0.3 is 0 Å². The van der Waals surface area contributed by atoms with Crippen LogP contribution in [0.3, 0.4) is 0 Å². The Labute approximate surface area is 72.5 Å². The summed E-state index contributed by atoms with van der Waals surface area (Å²) >= 11 is 0. The standard InChI is InChI=1S/C6H13N3O2S/c1-3-9-5-4-8(2)6(9)12(7,10)11/h4-6H,3H2,1-2H3,(H2,7,10,11). The molecule has 2 N–H and O–H groups in total. The average molecular weight is 191 g/mol. The number of nitrogens with zero attached hydrogens (tertiary/aromatic N) is 2. The van der Waals surface area contributed by atoms with Crippen molar-refractivity contribution in [3.05, 3.63) is 12.4 Å². The van der Waals surface area contributed by atoms with Gasteiger partial charge in [-0.05, 0) is 6.92 Å². The van der Waals surface area contributed by atoms with E-state index in [-0.39, 0.29) is 0 Å². The SMILES string of the molecule is CCN1C=CN(C)C1S(N)(=O)=O. The maximum absolute atomic E-state index is 11.1. The summed E-state index contributed by atoms with van der Waals surface area (Å²) in [5, 5.41) is 5.05. The lowest BCUT2D eigenvalue weighted by Gasteiger charge is -2.26. The fraction of sp³-hybridized carbons (Fsp3) is 0.667. The van der Waals surface area contributed by atoms with Crippen molar-refractivity contribution >= 4 is 10.0 Å². The van der Waals surface area contributed by atoms with Gasteiger partial charge in [0.25, 0.3) is 0 Å². The zero-order valence-electron chi connectivity index (χ0n) is 7.14. The molecule has 0 fully saturated rings. The number of sulfonamides is 1. The van der Waals surface area contributed by atoms with Gasteiger partial charge < -0.3 is 9.80 Å². The first kappa shape index (κ1) is 9.34. The Kier molecular flexibility index (Phi) is 2.29. The average Bonchev–Trinajstić information content (AvgIpc) is 2.29. The van der Waals surface area contributed by atoms with Crippen LogP contribution < -0.4 is 5.14 Å². The molecule has 12 heavy (non-hydrogen) atoms. The van der Waals surface area contributed by atoms with Crippen molar-refractivity contribution in [3.8, 4) is 0 Å². The number of hydrogen-bond donors (Lipinski definition) is 1. The van der Waals surface area contributed by atoms with E-state index in [9.17, 15) is 8.42 Å². The molecule has 0 saturated carbocycles. The normalized spacial score (nSPS) is 23.8. The van der Waals surface area contributed by atoms with E-state index in [1.54, 1.807) is 29.2 Å². The Morgan fingerprint density at radius 3 is 2.42 bits per heavy atom. The Morgan fingerprint density at radius 1 is 1.50 bits per heavy atom. The lowest BCUT2D eigenvalue weighted by molar-refractivity contribution is 0.257. The lowest BCUT2D eigenvalue weighted by atomic mass is 10.6. The van der Waals surface area contributed by atoms with Crippen LogP contribution in [0.4, 0.5) is 0 Å². The van der Waals surface area contributed by atoms with Crippen molar-refractivity contribution in [2.75, 3.05) is 13.6 Å². The topological polar surface area (TPSA) is 66.6 Å². The van der Waals surface area contributed by atoms with Gasteiger partial charge in [0.15, 0.2) is 0 Å². The second-order valence-corrected chi connectivity index (χ2v) is 4.31. The number of hydrogen-bond acceptors (Lipinski definition) is 4. The highest BCUT2D eigenvalue weighted by Gasteiger charge is 2.32. The second-order valence-electron chi connectivity index (χ2n) is 2.71. The van der Waals surface area contributed by atoms with Gasteiger partial charge in [0.2, 0.25) is 15.5 Å². The van der Waals surface area contributed by atoms with E-state index in [4.69, 9.17) is 5.14 Å². The van der Waals surface area contributed by atoms with Gasteiger partial charge in [-0.3, -0.25) is 0 Å². The fourth-order valence-electron chi connectivity index (χ4n) is 1.25. The summed E-state index contributed by atoms with van der Waals surface area (Å²) in [6, 6.07) is 0. The smallest absolute Gasteiger partial charge is 0.249 e. The molecular formula is C6H13N3O2S. The molecule has 1 aliphatic heterocycles. The first-order valence-corrected chi connectivity index (χ1v) is 5.25. The van der Waals surface area contributed by atoms with Gasteiger partial charge in [-0.25, -0.2) is 13.6 Å². The zero-order valence-corrected chi connectivity index (χ0v) is 7.95. The minimum Gasteiger partial charge on any atom is -0.346 e. The monoisotopic (exact) mass is 191 g/mol. The molecule has 0 amide bonds. The predicted molar refractivity (Wildman–Crippen MR) is 46.2 cm³/mol. The molecule has 1 atom stereocenters. The Morgan fingerprint density at radius 2 is 2.08 bits per heavy atom. The maximum Gasteiger partial charge on any atom is 0.249 e. The van der Waals surface area contributed by atoms with Crippen LogP contribution in [0.25, 0.3) is 0 Å². The van der Waals surface area contributed by atoms with Crippen LogP contribution in [-0.4, -0.2) is 37.3 Å². The molecule has 0 aromatic carbocycles. The molecule has 6 heteroatoms. The van der Waals surface area contributed by atoms with Crippen LogP contribution in [0.15, 0.2) is 12.4 Å². The molecule has 1 aliphatic rings. The summed E-state index contributed by atoms with van der Waals surface area (Å²) in [6.45, 7) is 2.50. The summed E-state index contributed by atoms with van der Waals surface area (Å²) in [5.41, 5.74) is -0.734. The molecule has 0 spiro atoms. The minimum absolute atomic E-state index is 0.627. The molecule has 1 unspecified atom stereocenters. The van der Waals surface area contributed by atoms with Crippen LogP contribution in [0.2, 0.25) is 0 Å². The van der Waals surface area contributed by atoms with Crippen molar-refractivity contribution < 1.29 is 8.42 Å². The van der Waals surface area contributed by atoms with Crippen molar-refractivity contribution in [1.29, 1.82) is 0 Å². The van der Waals surface area contributed by atoms with E-state index in [1.165, 1.54) is 0 Å². The van der Waals surface area contributed by atoms with Crippen LogP contribution in [0.1, 0.15) is 6.92 Å². The quantitative estimate of drug-likeness (QED) is 0.626. The van der Waals surface area contributed by atoms with Gasteiger partial charge in [0.05, 0.1) is 0 Å². The third-order valence-electron chi connectivity index (χ3n) is 1.78. The Balaban J connectivity index is 2.90. The molecule has 0 radical (unpaired) electrons. The Hall–Kier alpha value is -0.750. The number of primary sulfonamides is 1. The first-order chi connectivity index (χ1) is 5.46. The first-order valence-electron chi connectivity index (χ1n) is 3.64. The molecular weight excluding hydrogens is 178 g/mol. The lowest BCUT2D eigenvalue weighted by Crippen LogP contribution is -2.46.